The van der Waals surface area contributed by atoms with Crippen molar-refractivity contribution in [2.45, 2.75) is 0 Å². The van der Waals surface area contributed by atoms with Gasteiger partial charge in [0.05, 0.1) is 0 Å². The van der Waals surface area contributed by atoms with E-state index in [0.29, 0.717) is 0 Å². The number of aromatic nitrogens is 1. The van der Waals surface area contributed by atoms with E-state index in [1.54, 1.807) is 0 Å². The average molecular weight is 179 g/mol. The zero-order valence-corrected chi connectivity index (χ0v) is 5.44. The van der Waals surface area contributed by atoms with E-state index in [2.05, 4.69) is 4.98 Å². The van der Waals surface area contributed by atoms with Crippen molar-refractivity contribution in [1.29, 1.82) is 0 Å². The number of rotatable bonds is 1. The van der Waals surface area contributed by atoms with Gasteiger partial charge in [-0.3, -0.25) is 4.79 Å². The molecule has 0 spiro atoms. The Balaban J connectivity index is 3.31. The Hall–Kier alpha value is -1.46. The van der Waals surface area contributed by atoms with Crippen LogP contribution in [-0.2, 0) is 0 Å². The molecule has 0 aliphatic heterocycles. The van der Waals surface area contributed by atoms with E-state index in [1.165, 1.54) is 0 Å². The number of carbonyl (C=O) groups excluding carboxylic acids is 1. The molecule has 0 saturated carbocycles. The molecule has 0 aliphatic rings. The first-order chi connectivity index (χ1) is 5.52. The number of pyridine rings is 1. The largest absolute Gasteiger partial charge is 0.350 e. The van der Waals surface area contributed by atoms with E-state index < -0.39 is 29.3 Å². The molecule has 0 bridgehead atoms. The maximum atomic E-state index is 12.2. The molecule has 0 saturated heterocycles. The molecule has 0 radical (unpaired) electrons. The van der Waals surface area contributed by atoms with Gasteiger partial charge in [-0.15, -0.1) is 0 Å². The molecule has 0 N–H and O–H groups in total. The first-order valence-corrected chi connectivity index (χ1v) is 2.73. The molecule has 0 aliphatic carbocycles. The Labute approximate surface area is 63.8 Å². The van der Waals surface area contributed by atoms with Crippen molar-refractivity contribution in [3.05, 3.63) is 29.3 Å². The molecule has 0 aromatic carbocycles. The van der Waals surface area contributed by atoms with Crippen molar-refractivity contribution >= 4 is 6.04 Å². The van der Waals surface area contributed by atoms with E-state index in [9.17, 15) is 22.4 Å². The second kappa shape index (κ2) is 2.88. The van der Waals surface area contributed by atoms with Gasteiger partial charge in [-0.1, -0.05) is 0 Å². The van der Waals surface area contributed by atoms with Crippen LogP contribution in [0.5, 0.6) is 0 Å². The molecule has 2 nitrogen and oxygen atoms in total. The average Bonchev–Trinajstić information content (AvgIpc) is 1.99. The fourth-order valence-corrected chi connectivity index (χ4v) is 0.570. The van der Waals surface area contributed by atoms with Crippen molar-refractivity contribution in [3.8, 4) is 0 Å². The van der Waals surface area contributed by atoms with Gasteiger partial charge in [-0.2, -0.15) is 13.2 Å². The van der Waals surface area contributed by atoms with Crippen LogP contribution in [0.2, 0.25) is 0 Å². The van der Waals surface area contributed by atoms with Crippen molar-refractivity contribution in [1.82, 2.24) is 4.98 Å². The summed E-state index contributed by atoms with van der Waals surface area (Å²) in [6.07, 6.45) is 0. The first-order valence-electron chi connectivity index (χ1n) is 2.73. The normalized spacial score (nSPS) is 10.0. The summed E-state index contributed by atoms with van der Waals surface area (Å²) in [4.78, 5) is 12.4. The number of hydrogen-bond acceptors (Lipinski definition) is 2. The number of carbonyl (C=O) groups is 1. The molecule has 1 heterocycles. The highest BCUT2D eigenvalue weighted by Crippen LogP contribution is 2.10. The third-order valence-electron chi connectivity index (χ3n) is 1.07. The molecule has 1 aromatic rings. The lowest BCUT2D eigenvalue weighted by Crippen LogP contribution is -2.02. The molecule has 1 aromatic heterocycles. The summed E-state index contributed by atoms with van der Waals surface area (Å²) in [5.41, 5.74) is -1.09. The second-order valence-electron chi connectivity index (χ2n) is 1.87. The predicted molar refractivity (Wildman–Crippen MR) is 29.5 cm³/mol. The Kier molecular flexibility index (Phi) is 2.07. The minimum atomic E-state index is -2.12. The highest BCUT2D eigenvalue weighted by Gasteiger charge is 2.15. The standard InChI is InChI=1S/C6HF4NO/c7-2-1-3(6(10)12)11-5(9)4(2)8/h1H. The van der Waals surface area contributed by atoms with Gasteiger partial charge in [0.2, 0.25) is 5.82 Å². The van der Waals surface area contributed by atoms with Crippen LogP contribution in [0.3, 0.4) is 0 Å². The van der Waals surface area contributed by atoms with Crippen LogP contribution in [0.4, 0.5) is 17.6 Å². The van der Waals surface area contributed by atoms with E-state index in [4.69, 9.17) is 0 Å². The minimum Gasteiger partial charge on any atom is -0.254 e. The Morgan fingerprint density at radius 2 is 1.92 bits per heavy atom. The maximum Gasteiger partial charge on any atom is 0.350 e. The zero-order chi connectivity index (χ0) is 9.30. The van der Waals surface area contributed by atoms with Gasteiger partial charge in [-0.25, -0.2) is 9.37 Å². The summed E-state index contributed by atoms with van der Waals surface area (Å²) in [6, 6.07) is -1.94. The van der Waals surface area contributed by atoms with E-state index in [1.807, 2.05) is 0 Å². The Morgan fingerprint density at radius 3 is 2.33 bits per heavy atom. The summed E-state index contributed by atoms with van der Waals surface area (Å²) < 4.78 is 48.3. The van der Waals surface area contributed by atoms with Gasteiger partial charge >= 0.3 is 6.04 Å². The second-order valence-corrected chi connectivity index (χ2v) is 1.87. The van der Waals surface area contributed by atoms with Crippen LogP contribution in [0.1, 0.15) is 10.5 Å². The number of hydrogen-bond donors (Lipinski definition) is 0. The quantitative estimate of drug-likeness (QED) is 0.372. The van der Waals surface area contributed by atoms with Gasteiger partial charge in [0.15, 0.2) is 5.82 Å². The number of halogens is 4. The Morgan fingerprint density at radius 1 is 1.33 bits per heavy atom. The highest BCUT2D eigenvalue weighted by molar-refractivity contribution is 5.85. The molecule has 12 heavy (non-hydrogen) atoms. The molecule has 0 fully saturated rings. The molecule has 0 atom stereocenters. The van der Waals surface area contributed by atoms with Gasteiger partial charge in [0.1, 0.15) is 5.69 Å². The molecule has 6 heteroatoms. The van der Waals surface area contributed by atoms with Gasteiger partial charge in [0, 0.05) is 6.07 Å². The van der Waals surface area contributed by atoms with Gasteiger partial charge in [0.25, 0.3) is 5.95 Å². The van der Waals surface area contributed by atoms with E-state index >= 15 is 0 Å². The molecule has 0 amide bonds. The Bertz CT molecular complexity index is 315. The fourth-order valence-electron chi connectivity index (χ4n) is 0.570. The lowest BCUT2D eigenvalue weighted by molar-refractivity contribution is 0.0827. The van der Waals surface area contributed by atoms with Crippen LogP contribution in [0.25, 0.3) is 0 Å². The van der Waals surface area contributed by atoms with Crippen LogP contribution < -0.4 is 0 Å². The maximum absolute atomic E-state index is 12.2. The van der Waals surface area contributed by atoms with Gasteiger partial charge < -0.3 is 0 Å². The third kappa shape index (κ3) is 1.41. The third-order valence-corrected chi connectivity index (χ3v) is 1.07. The molecule has 0 unspecified atom stereocenters. The highest BCUT2D eigenvalue weighted by atomic mass is 19.2. The van der Waals surface area contributed by atoms with Crippen LogP contribution in [-0.4, -0.2) is 11.0 Å². The minimum absolute atomic E-state index is 0.181. The first kappa shape index (κ1) is 8.63. The molecule has 64 valence electrons. The molecular formula is C6HF4NO. The van der Waals surface area contributed by atoms with Crippen molar-refractivity contribution in [2.24, 2.45) is 0 Å². The molecular weight excluding hydrogens is 178 g/mol. The SMILES string of the molecule is O=C(F)c1cc(F)c(F)c(F)n1. The van der Waals surface area contributed by atoms with Crippen LogP contribution >= 0.6 is 0 Å². The topological polar surface area (TPSA) is 30.0 Å². The summed E-state index contributed by atoms with van der Waals surface area (Å²) in [5, 5.41) is 0. The van der Waals surface area contributed by atoms with E-state index in [0.717, 1.165) is 0 Å². The lowest BCUT2D eigenvalue weighted by atomic mass is 10.3. The van der Waals surface area contributed by atoms with Gasteiger partial charge in [-0.05, 0) is 0 Å². The smallest absolute Gasteiger partial charge is 0.254 e. The van der Waals surface area contributed by atoms with Crippen molar-refractivity contribution < 1.29 is 22.4 Å². The lowest BCUT2D eigenvalue weighted by Gasteiger charge is -1.95. The van der Waals surface area contributed by atoms with Crippen LogP contribution in [0.15, 0.2) is 6.07 Å². The van der Waals surface area contributed by atoms with Crippen molar-refractivity contribution in [2.75, 3.05) is 0 Å². The monoisotopic (exact) mass is 179 g/mol. The summed E-state index contributed by atoms with van der Waals surface area (Å²) in [7, 11) is 0. The van der Waals surface area contributed by atoms with Crippen LogP contribution in [0, 0.1) is 17.6 Å². The zero-order valence-electron chi connectivity index (χ0n) is 5.44. The van der Waals surface area contributed by atoms with Crippen molar-refractivity contribution in [3.63, 3.8) is 0 Å². The summed E-state index contributed by atoms with van der Waals surface area (Å²) in [5.74, 6) is -5.32. The fraction of sp³-hybridized carbons (Fsp3) is 0. The summed E-state index contributed by atoms with van der Waals surface area (Å²) in [6.45, 7) is 0. The molecule has 1 rings (SSSR count). The summed E-state index contributed by atoms with van der Waals surface area (Å²) >= 11 is 0. The number of nitrogens with zero attached hydrogens (tertiary/aromatic N) is 1. The predicted octanol–water partition coefficient (Wildman–Crippen LogP) is 1.61. The van der Waals surface area contributed by atoms with E-state index in [-0.39, 0.29) is 6.07 Å².